The van der Waals surface area contributed by atoms with Gasteiger partial charge >= 0.3 is 0 Å². The van der Waals surface area contributed by atoms with E-state index in [1.807, 2.05) is 6.07 Å². The molecular formula is C23H36O6. The van der Waals surface area contributed by atoms with Crippen molar-refractivity contribution in [2.45, 2.75) is 85.2 Å². The summed E-state index contributed by atoms with van der Waals surface area (Å²) in [5.74, 6) is 1.42. The minimum Gasteiger partial charge on any atom is -0.508 e. The summed E-state index contributed by atoms with van der Waals surface area (Å²) in [6, 6.07) is 4.12. The molecule has 0 unspecified atom stereocenters. The fourth-order valence-electron chi connectivity index (χ4n) is 4.45. The summed E-state index contributed by atoms with van der Waals surface area (Å²) in [6.45, 7) is 11.1. The van der Waals surface area contributed by atoms with E-state index in [1.54, 1.807) is 0 Å². The van der Waals surface area contributed by atoms with Gasteiger partial charge in [-0.3, -0.25) is 9.59 Å². The molecule has 0 spiro atoms. The average Bonchev–Trinajstić information content (AvgIpc) is 2.52. The van der Waals surface area contributed by atoms with Gasteiger partial charge in [0.2, 0.25) is 0 Å². The lowest BCUT2D eigenvalue weighted by Crippen LogP contribution is -2.46. The number of aliphatic carboxylic acids is 2. The molecule has 6 heteroatoms. The molecule has 1 heterocycles. The van der Waals surface area contributed by atoms with E-state index >= 15 is 0 Å². The molecule has 0 saturated heterocycles. The summed E-state index contributed by atoms with van der Waals surface area (Å²) in [4.78, 5) is 18.0. The number of carboxylic acid groups (broad SMARTS) is 2. The van der Waals surface area contributed by atoms with Gasteiger partial charge in [0.25, 0.3) is 11.9 Å². The van der Waals surface area contributed by atoms with E-state index < -0.39 is 11.9 Å². The Labute approximate surface area is 173 Å². The number of hydrogen-bond donors (Lipinski definition) is 3. The van der Waals surface area contributed by atoms with E-state index in [0.29, 0.717) is 17.6 Å². The van der Waals surface area contributed by atoms with Gasteiger partial charge < -0.3 is 20.1 Å². The van der Waals surface area contributed by atoms with Crippen molar-refractivity contribution < 1.29 is 29.6 Å². The van der Waals surface area contributed by atoms with Gasteiger partial charge in [0, 0.05) is 25.3 Å². The number of phenolic OH excluding ortho intramolecular Hbond substituents is 1. The highest BCUT2D eigenvalue weighted by atomic mass is 16.5. The van der Waals surface area contributed by atoms with Crippen molar-refractivity contribution in [1.29, 1.82) is 0 Å². The highest BCUT2D eigenvalue weighted by Gasteiger charge is 2.46. The van der Waals surface area contributed by atoms with Crippen molar-refractivity contribution in [2.24, 2.45) is 11.8 Å². The van der Waals surface area contributed by atoms with Crippen molar-refractivity contribution in [3.63, 3.8) is 0 Å². The molecule has 29 heavy (non-hydrogen) atoms. The molecule has 1 saturated carbocycles. The topological polar surface area (TPSA) is 104 Å². The van der Waals surface area contributed by atoms with Gasteiger partial charge in [-0.1, -0.05) is 26.7 Å². The first kappa shape index (κ1) is 24.8. The Morgan fingerprint density at radius 2 is 1.69 bits per heavy atom. The van der Waals surface area contributed by atoms with Gasteiger partial charge in [-0.05, 0) is 62.6 Å². The largest absolute Gasteiger partial charge is 0.508 e. The molecule has 0 bridgehead atoms. The van der Waals surface area contributed by atoms with Crippen molar-refractivity contribution in [2.75, 3.05) is 0 Å². The molecule has 1 fully saturated rings. The summed E-state index contributed by atoms with van der Waals surface area (Å²) in [6.07, 6.45) is 5.73. The lowest BCUT2D eigenvalue weighted by atomic mass is 9.64. The summed E-state index contributed by atoms with van der Waals surface area (Å²) in [7, 11) is 0. The Morgan fingerprint density at radius 3 is 2.21 bits per heavy atom. The second kappa shape index (κ2) is 10.5. The molecule has 1 aromatic rings. The van der Waals surface area contributed by atoms with Crippen LogP contribution in [0, 0.1) is 11.8 Å². The fraction of sp³-hybridized carbons (Fsp3) is 0.652. The molecule has 3 rings (SSSR count). The first-order valence-corrected chi connectivity index (χ1v) is 10.3. The van der Waals surface area contributed by atoms with Crippen LogP contribution in [0.5, 0.6) is 11.5 Å². The van der Waals surface area contributed by atoms with Crippen LogP contribution in [-0.4, -0.2) is 32.9 Å². The summed E-state index contributed by atoms with van der Waals surface area (Å²) in [5.41, 5.74) is 2.13. The van der Waals surface area contributed by atoms with E-state index in [1.165, 1.54) is 24.8 Å². The highest BCUT2D eigenvalue weighted by molar-refractivity contribution is 5.63. The van der Waals surface area contributed by atoms with Crippen LogP contribution in [0.4, 0.5) is 0 Å². The summed E-state index contributed by atoms with van der Waals surface area (Å²) >= 11 is 0. The number of benzene rings is 1. The Kier molecular flexibility index (Phi) is 8.99. The zero-order chi connectivity index (χ0) is 22.4. The van der Waals surface area contributed by atoms with Gasteiger partial charge in [-0.25, -0.2) is 0 Å². The first-order chi connectivity index (χ1) is 13.4. The lowest BCUT2D eigenvalue weighted by molar-refractivity contribution is -0.135. The number of ether oxygens (including phenoxy) is 1. The van der Waals surface area contributed by atoms with Crippen molar-refractivity contribution >= 4 is 11.9 Å². The lowest BCUT2D eigenvalue weighted by Gasteiger charge is -2.48. The monoisotopic (exact) mass is 408 g/mol. The average molecular weight is 409 g/mol. The van der Waals surface area contributed by atoms with E-state index in [0.717, 1.165) is 43.9 Å². The summed E-state index contributed by atoms with van der Waals surface area (Å²) in [5, 5.41) is 25.4. The molecule has 0 aromatic heterocycles. The second-order valence-corrected chi connectivity index (χ2v) is 8.65. The molecule has 3 atom stereocenters. The predicted molar refractivity (Wildman–Crippen MR) is 113 cm³/mol. The number of aromatic hydroxyl groups is 1. The van der Waals surface area contributed by atoms with Gasteiger partial charge in [0.1, 0.15) is 17.1 Å². The van der Waals surface area contributed by atoms with Gasteiger partial charge in [0.05, 0.1) is 0 Å². The van der Waals surface area contributed by atoms with Crippen molar-refractivity contribution in [3.05, 3.63) is 23.3 Å². The van der Waals surface area contributed by atoms with Crippen LogP contribution in [0.3, 0.4) is 0 Å². The van der Waals surface area contributed by atoms with Gasteiger partial charge in [-0.2, -0.15) is 0 Å². The third-order valence-electron chi connectivity index (χ3n) is 5.47. The number of hydrogen-bond acceptors (Lipinski definition) is 4. The standard InChI is InChI=1S/C19H28O2.2C2H4O2/c1-5-6-13-10-16(20)18-14-9-12(2)7-8-15(14)19(3,4)21-17(18)11-13;2*1-2(3)4/h10-12,14-15,20H,5-9H2,1-4H3;2*1H3,(H,3,4)/t12-,14+,15+;;/m0../s1. The van der Waals surface area contributed by atoms with Crippen LogP contribution < -0.4 is 4.74 Å². The molecule has 0 amide bonds. The maximum absolute atomic E-state index is 10.6. The smallest absolute Gasteiger partial charge is 0.300 e. The van der Waals surface area contributed by atoms with Crippen molar-refractivity contribution in [3.8, 4) is 11.5 Å². The molecule has 3 N–H and O–H groups in total. The fourth-order valence-corrected chi connectivity index (χ4v) is 4.45. The Balaban J connectivity index is 0.000000452. The third-order valence-corrected chi connectivity index (χ3v) is 5.47. The molecule has 164 valence electrons. The quantitative estimate of drug-likeness (QED) is 0.620. The maximum atomic E-state index is 10.6. The molecule has 1 aliphatic carbocycles. The zero-order valence-electron chi connectivity index (χ0n) is 18.5. The van der Waals surface area contributed by atoms with Gasteiger partial charge in [-0.15, -0.1) is 0 Å². The second-order valence-electron chi connectivity index (χ2n) is 8.65. The third kappa shape index (κ3) is 7.26. The number of aryl methyl sites for hydroxylation is 1. The Morgan fingerprint density at radius 1 is 1.14 bits per heavy atom. The minimum absolute atomic E-state index is 0.130. The van der Waals surface area contributed by atoms with Crippen LogP contribution in [0.2, 0.25) is 0 Å². The molecule has 2 aliphatic rings. The number of carbonyl (C=O) groups is 2. The number of carboxylic acids is 2. The molecule has 1 aromatic carbocycles. The highest BCUT2D eigenvalue weighted by Crippen LogP contribution is 2.55. The first-order valence-electron chi connectivity index (χ1n) is 10.3. The molecule has 1 aliphatic heterocycles. The Bertz CT molecular complexity index is 690. The van der Waals surface area contributed by atoms with E-state index in [9.17, 15) is 5.11 Å². The van der Waals surface area contributed by atoms with E-state index in [4.69, 9.17) is 24.5 Å². The number of fused-ring (bicyclic) bond motifs is 3. The zero-order valence-corrected chi connectivity index (χ0v) is 18.5. The van der Waals surface area contributed by atoms with Crippen molar-refractivity contribution in [1.82, 2.24) is 0 Å². The minimum atomic E-state index is -0.833. The van der Waals surface area contributed by atoms with Crippen LogP contribution in [0.15, 0.2) is 12.1 Å². The normalized spacial score (nSPS) is 23.6. The summed E-state index contributed by atoms with van der Waals surface area (Å²) < 4.78 is 6.33. The predicted octanol–water partition coefficient (Wildman–Crippen LogP) is 5.22. The van der Waals surface area contributed by atoms with Crippen LogP contribution >= 0.6 is 0 Å². The number of rotatable bonds is 2. The molecule has 0 radical (unpaired) electrons. The van der Waals surface area contributed by atoms with Crippen LogP contribution in [0.1, 0.15) is 84.3 Å². The molecule has 6 nitrogen and oxygen atoms in total. The number of phenols is 1. The van der Waals surface area contributed by atoms with Crippen LogP contribution in [-0.2, 0) is 16.0 Å². The van der Waals surface area contributed by atoms with Gasteiger partial charge in [0.15, 0.2) is 0 Å². The molecular weight excluding hydrogens is 372 g/mol. The van der Waals surface area contributed by atoms with E-state index in [2.05, 4.69) is 33.8 Å². The SMILES string of the molecule is CC(=O)O.CC(=O)O.CCCc1cc(O)c2c(c1)OC(C)(C)[C@@H]1CC[C@H](C)C[C@@H]21. The maximum Gasteiger partial charge on any atom is 0.300 e. The Hall–Kier alpha value is -2.24. The van der Waals surface area contributed by atoms with Crippen LogP contribution in [0.25, 0.3) is 0 Å². The van der Waals surface area contributed by atoms with E-state index in [-0.39, 0.29) is 5.60 Å².